The molecular weight excluding hydrogens is 1150 g/mol. The van der Waals surface area contributed by atoms with Crippen molar-refractivity contribution in [1.29, 1.82) is 0 Å². The van der Waals surface area contributed by atoms with Crippen LogP contribution in [0.5, 0.6) is 11.5 Å². The van der Waals surface area contributed by atoms with Gasteiger partial charge in [-0.2, -0.15) is 5.10 Å². The van der Waals surface area contributed by atoms with E-state index in [1.807, 2.05) is 31.2 Å². The Hall–Kier alpha value is -1.96. The number of nitrogens with zero attached hydrogens (tertiary/aromatic N) is 1. The zero-order valence-electron chi connectivity index (χ0n) is 52.1. The second-order valence-electron chi connectivity index (χ2n) is 27.8. The van der Waals surface area contributed by atoms with Gasteiger partial charge in [-0.15, -0.1) is 24.7 Å². The Kier molecular flexibility index (Phi) is 29.1. The molecule has 0 amide bonds. The normalized spacial score (nSPS) is 36.6. The van der Waals surface area contributed by atoms with Crippen LogP contribution in [0.3, 0.4) is 0 Å². The SMILES string of the molecule is C.C#CC1CCC2C3CCc4cc(O)ccc4C3CC[C@]12C.C#CC1CCC[C@H]1C.C/C(=N/N)C1CCC[C@H]1C.C=C(I)C1CCC[C@H]1C.CC(=O)C1CCC[C@H]1C.CC(=O)[C@H]1CCC2C3CCc4cc(O)ccc4C3CC[C@@]21C.[K+].[OH-]. The van der Waals surface area contributed by atoms with Crippen LogP contribution in [0.15, 0.2) is 51.7 Å². The maximum Gasteiger partial charge on any atom is 1.00 e. The van der Waals surface area contributed by atoms with E-state index >= 15 is 0 Å². The van der Waals surface area contributed by atoms with E-state index in [0.29, 0.717) is 81.7 Å². The molecule has 9 heteroatoms. The number of terminal acetylenes is 2. The Morgan fingerprint density at radius 2 is 1.06 bits per heavy atom. The van der Waals surface area contributed by atoms with Crippen molar-refractivity contribution in [3.63, 3.8) is 0 Å². The summed E-state index contributed by atoms with van der Waals surface area (Å²) >= 11 is 2.37. The number of fused-ring (bicyclic) bond motifs is 10. The number of Topliss-reactive ketones (excluding diaryl/α,β-unsaturated/α-hetero) is 2. The van der Waals surface area contributed by atoms with Crippen molar-refractivity contribution < 1.29 is 76.7 Å². The maximum atomic E-state index is 12.1. The van der Waals surface area contributed by atoms with Crippen molar-refractivity contribution in [2.75, 3.05) is 0 Å². The van der Waals surface area contributed by atoms with Crippen molar-refractivity contribution in [2.24, 2.45) is 105 Å². The summed E-state index contributed by atoms with van der Waals surface area (Å²) in [6, 6.07) is 12.0. The van der Waals surface area contributed by atoms with Crippen molar-refractivity contribution in [2.45, 2.75) is 236 Å². The standard InChI is InChI=1S/C20H26O2.C20H24O.C8H13I.C8H16N2.C8H14O.C8H12.CH4.K.H2O/c1-12(21)18-7-8-19-17-5-3-13-11-14(22)4-6-15(13)16(17)9-10-20(18,19)2;1-3-14-5-9-19-18-7-4-13-12-15(21)6-8-16(13)17(18)10-11-20(14,19)2;1-6-4-3-5-8(6)7(2)9;1-6-4-3-5-8(6)7(2)10-9;1-6-4-3-5-8(6)7(2)9;1-3-8-6-4-5-7(8)2;;;/h4,6,11,16-19,22H,3,5,7-10H2,1-2H3;1,6,8,12,14,17-19,21H,4-5,7,9-11H2,2H3;6,8H,2-5H2,1H3;6,8H,3-5,9H2,1-2H3;6,8H,3-5H2,1-2H3;1,7-8H,4-6H2,2H3;1H4;;1H2/q;;;;;;;+1;/p-1/b;;;10-7-;;;;;/t16?,17?,18-,19?,20-;14?,17?,18?,19?,20-;3*6-,8?;7-,8?;;;/m111111.../s1. The number of benzene rings is 2. The number of ketones is 2. The third kappa shape index (κ3) is 16.8. The quantitative estimate of drug-likeness (QED) is 0.0695. The van der Waals surface area contributed by atoms with E-state index in [9.17, 15) is 19.8 Å². The zero-order valence-corrected chi connectivity index (χ0v) is 57.4. The van der Waals surface area contributed by atoms with E-state index in [2.05, 4.69) is 99.8 Å². The van der Waals surface area contributed by atoms with Gasteiger partial charge in [0, 0.05) is 35.3 Å². The number of rotatable bonds is 4. The molecule has 2 aromatic rings. The summed E-state index contributed by atoms with van der Waals surface area (Å²) in [6.07, 6.45) is 41.4. The van der Waals surface area contributed by atoms with Gasteiger partial charge in [0.25, 0.3) is 0 Å². The van der Waals surface area contributed by atoms with Crippen LogP contribution in [0, 0.1) is 118 Å². The van der Waals surface area contributed by atoms with E-state index in [-0.39, 0.29) is 69.7 Å². The second-order valence-corrected chi connectivity index (χ2v) is 29.2. The molecule has 0 bridgehead atoms. The fraction of sp³-hybridized carbons (Fsp3) is 0.712. The van der Waals surface area contributed by atoms with Crippen LogP contribution in [-0.4, -0.2) is 33.0 Å². The molecule has 10 aliphatic carbocycles. The molecule has 0 heterocycles. The third-order valence-electron chi connectivity index (χ3n) is 23.4. The first-order valence-corrected chi connectivity index (χ1v) is 32.9. The minimum absolute atomic E-state index is 0. The van der Waals surface area contributed by atoms with Crippen molar-refractivity contribution in [1.82, 2.24) is 0 Å². The third-order valence-corrected chi connectivity index (χ3v) is 24.2. The Balaban J connectivity index is 0.000000222. The van der Waals surface area contributed by atoms with Gasteiger partial charge < -0.3 is 21.5 Å². The number of aromatic hydroxyl groups is 2. The van der Waals surface area contributed by atoms with E-state index < -0.39 is 0 Å². The minimum Gasteiger partial charge on any atom is -0.870 e. The van der Waals surface area contributed by atoms with Crippen LogP contribution in [-0.2, 0) is 22.4 Å². The first kappa shape index (κ1) is 72.5. The fourth-order valence-electron chi connectivity index (χ4n) is 18.7. The van der Waals surface area contributed by atoms with Crippen LogP contribution in [0.2, 0.25) is 0 Å². The summed E-state index contributed by atoms with van der Waals surface area (Å²) in [6.45, 7) is 23.4. The molecule has 0 spiro atoms. The molecule has 10 aliphatic rings. The van der Waals surface area contributed by atoms with Gasteiger partial charge in [-0.1, -0.05) is 106 Å². The molecule has 5 N–H and O–H groups in total. The van der Waals surface area contributed by atoms with E-state index in [1.54, 1.807) is 13.8 Å². The summed E-state index contributed by atoms with van der Waals surface area (Å²) in [4.78, 5) is 22.9. The topological polar surface area (TPSA) is 143 Å². The molecule has 8 saturated carbocycles. The zero-order chi connectivity index (χ0) is 57.3. The predicted octanol–water partition coefficient (Wildman–Crippen LogP) is 15.6. The van der Waals surface area contributed by atoms with Crippen LogP contribution in [0.4, 0.5) is 0 Å². The van der Waals surface area contributed by atoms with E-state index in [4.69, 9.17) is 18.7 Å². The maximum absolute atomic E-state index is 12.1. The number of carbonyl (C=O) groups is 2. The van der Waals surface area contributed by atoms with Crippen LogP contribution in [0.25, 0.3) is 0 Å². The molecule has 0 aromatic heterocycles. The molecule has 7 nitrogen and oxygen atoms in total. The number of hydrogen-bond acceptors (Lipinski definition) is 7. The van der Waals surface area contributed by atoms with Gasteiger partial charge in [0.05, 0.1) is 0 Å². The Morgan fingerprint density at radius 3 is 1.44 bits per heavy atom. The number of nitrogens with two attached hydrogens (primary N) is 1. The Morgan fingerprint density at radius 1 is 0.610 bits per heavy atom. The van der Waals surface area contributed by atoms with Crippen molar-refractivity contribution in [3.05, 3.63) is 68.8 Å². The largest absolute Gasteiger partial charge is 1.00 e. The predicted molar refractivity (Wildman–Crippen MR) is 347 cm³/mol. The molecular formula is C73H110IKN2O5. The molecule has 0 radical (unpaired) electrons. The number of hydrazone groups is 1. The summed E-state index contributed by atoms with van der Waals surface area (Å²) in [5, 5.41) is 23.2. The number of phenolic OH excluding ortho intramolecular Hbond substituents is 2. The molecule has 450 valence electrons. The monoisotopic (exact) mass is 1260 g/mol. The molecule has 0 aliphatic heterocycles. The van der Waals surface area contributed by atoms with Gasteiger partial charge in [-0.05, 0) is 285 Å². The number of halogens is 1. The van der Waals surface area contributed by atoms with Gasteiger partial charge in [-0.25, -0.2) is 0 Å². The van der Waals surface area contributed by atoms with Crippen LogP contribution < -0.4 is 57.2 Å². The van der Waals surface area contributed by atoms with E-state index in [1.165, 1.54) is 154 Å². The number of carbonyl (C=O) groups excluding carboxylic acids is 2. The summed E-state index contributed by atoms with van der Waals surface area (Å²) < 4.78 is 1.36. The van der Waals surface area contributed by atoms with Gasteiger partial charge in [0.1, 0.15) is 23.1 Å². The average molecular weight is 1260 g/mol. The Bertz CT molecular complexity index is 2500. The van der Waals surface area contributed by atoms with Crippen LogP contribution in [0.1, 0.15) is 245 Å². The second kappa shape index (κ2) is 32.9. The average Bonchev–Trinajstić information content (AvgIpc) is 3.79. The van der Waals surface area contributed by atoms with Gasteiger partial charge in [0.15, 0.2) is 0 Å². The summed E-state index contributed by atoms with van der Waals surface area (Å²) in [5.41, 5.74) is 7.46. The van der Waals surface area contributed by atoms with Crippen molar-refractivity contribution in [3.8, 4) is 36.2 Å². The van der Waals surface area contributed by atoms with Crippen molar-refractivity contribution >= 4 is 39.9 Å². The molecule has 2 aromatic carbocycles. The number of hydrogen-bond donors (Lipinski definition) is 3. The summed E-state index contributed by atoms with van der Waals surface area (Å²) in [5.74, 6) is 23.5. The van der Waals surface area contributed by atoms with Gasteiger partial charge >= 0.3 is 51.4 Å². The first-order valence-electron chi connectivity index (χ1n) is 31.8. The fourth-order valence-corrected chi connectivity index (χ4v) is 19.6. The number of allylic oxidation sites excluding steroid dienone is 1. The number of aryl methyl sites for hydroxylation is 2. The first-order chi connectivity index (χ1) is 37.7. The Labute approximate surface area is 556 Å². The molecule has 0 saturated heterocycles. The molecule has 82 heavy (non-hydrogen) atoms. The summed E-state index contributed by atoms with van der Waals surface area (Å²) in [7, 11) is 0. The van der Waals surface area contributed by atoms with Crippen LogP contribution >= 0.6 is 22.6 Å². The van der Waals surface area contributed by atoms with E-state index in [0.717, 1.165) is 72.8 Å². The smallest absolute Gasteiger partial charge is 0.870 e. The minimum atomic E-state index is 0. The molecule has 12 rings (SSSR count). The van der Waals surface area contributed by atoms with Gasteiger partial charge in [0.2, 0.25) is 0 Å². The van der Waals surface area contributed by atoms with Gasteiger partial charge in [-0.3, -0.25) is 9.59 Å². The molecule has 11 unspecified atom stereocenters. The number of phenols is 2. The molecule has 8 fully saturated rings. The molecule has 18 atom stereocenters.